The molecule has 3 N–H and O–H groups in total. The van der Waals surface area contributed by atoms with E-state index in [-0.39, 0.29) is 31.8 Å². The van der Waals surface area contributed by atoms with Gasteiger partial charge in [-0.25, -0.2) is 13.6 Å². The Hall–Kier alpha value is -2.18. The first-order valence-electron chi connectivity index (χ1n) is 9.05. The number of hydrogen-bond donors (Lipinski definition) is 3. The summed E-state index contributed by atoms with van der Waals surface area (Å²) < 4.78 is 27.7. The first kappa shape index (κ1) is 20.1. The van der Waals surface area contributed by atoms with Gasteiger partial charge in [-0.3, -0.25) is 4.79 Å². The van der Waals surface area contributed by atoms with Gasteiger partial charge in [0.2, 0.25) is 0 Å². The van der Waals surface area contributed by atoms with Gasteiger partial charge < -0.3 is 15.7 Å². The molecule has 1 aromatic carbocycles. The van der Waals surface area contributed by atoms with E-state index in [0.717, 1.165) is 12.0 Å². The summed E-state index contributed by atoms with van der Waals surface area (Å²) in [5, 5.41) is 14.1. The molecule has 1 saturated carbocycles. The number of nitrogens with one attached hydrogen (secondary N) is 2. The van der Waals surface area contributed by atoms with Gasteiger partial charge in [0.15, 0.2) is 0 Å². The number of carbonyl (C=O) groups is 2. The van der Waals surface area contributed by atoms with E-state index in [1.807, 2.05) is 30.3 Å². The van der Waals surface area contributed by atoms with E-state index in [2.05, 4.69) is 10.6 Å². The van der Waals surface area contributed by atoms with Crippen LogP contribution in [-0.2, 0) is 11.2 Å². The van der Waals surface area contributed by atoms with Gasteiger partial charge >= 0.3 is 12.0 Å². The van der Waals surface area contributed by atoms with Gasteiger partial charge in [0, 0.05) is 31.3 Å². The lowest BCUT2D eigenvalue weighted by atomic mass is 9.85. The molecule has 0 radical (unpaired) electrons. The summed E-state index contributed by atoms with van der Waals surface area (Å²) >= 11 is 0. The molecule has 0 heterocycles. The van der Waals surface area contributed by atoms with Crippen molar-refractivity contribution in [3.8, 4) is 0 Å². The molecule has 0 spiro atoms. The van der Waals surface area contributed by atoms with Gasteiger partial charge in [-0.1, -0.05) is 36.8 Å². The number of amides is 2. The van der Waals surface area contributed by atoms with E-state index in [0.29, 0.717) is 19.3 Å². The first-order valence-corrected chi connectivity index (χ1v) is 9.05. The summed E-state index contributed by atoms with van der Waals surface area (Å²) in [5.74, 6) is -4.51. The number of hydrogen-bond acceptors (Lipinski definition) is 2. The van der Waals surface area contributed by atoms with E-state index in [4.69, 9.17) is 5.11 Å². The number of urea groups is 1. The Morgan fingerprint density at radius 3 is 2.62 bits per heavy atom. The lowest BCUT2D eigenvalue weighted by molar-refractivity contribution is -0.137. The molecule has 0 aliphatic heterocycles. The Kier molecular flexibility index (Phi) is 7.36. The highest BCUT2D eigenvalue weighted by atomic mass is 19.3. The number of carbonyl (C=O) groups excluding carboxylic acids is 1. The molecule has 7 heteroatoms. The fraction of sp³-hybridized carbons (Fsp3) is 0.579. The monoisotopic (exact) mass is 368 g/mol. The quantitative estimate of drug-likeness (QED) is 0.656. The molecule has 0 bridgehead atoms. The molecule has 1 aliphatic rings. The van der Waals surface area contributed by atoms with Crippen LogP contribution >= 0.6 is 0 Å². The van der Waals surface area contributed by atoms with Crippen LogP contribution in [0.2, 0.25) is 0 Å². The predicted molar refractivity (Wildman–Crippen MR) is 94.2 cm³/mol. The highest BCUT2D eigenvalue weighted by Gasteiger charge is 2.41. The molecule has 144 valence electrons. The fourth-order valence-electron chi connectivity index (χ4n) is 3.29. The second-order valence-electron chi connectivity index (χ2n) is 6.88. The number of aliphatic carboxylic acids is 1. The Morgan fingerprint density at radius 1 is 1.23 bits per heavy atom. The number of benzene rings is 1. The first-order chi connectivity index (χ1) is 12.4. The summed E-state index contributed by atoms with van der Waals surface area (Å²) in [7, 11) is 0. The van der Waals surface area contributed by atoms with Crippen molar-refractivity contribution in [2.75, 3.05) is 6.54 Å². The second kappa shape index (κ2) is 9.50. The van der Waals surface area contributed by atoms with Gasteiger partial charge in [0.1, 0.15) is 0 Å². The van der Waals surface area contributed by atoms with E-state index in [1.165, 1.54) is 0 Å². The number of carboxylic acid groups (broad SMARTS) is 1. The van der Waals surface area contributed by atoms with Gasteiger partial charge in [-0.2, -0.15) is 0 Å². The minimum absolute atomic E-state index is 0.0710. The molecule has 0 saturated heterocycles. The van der Waals surface area contributed by atoms with Crippen molar-refractivity contribution in [2.45, 2.75) is 56.9 Å². The summed E-state index contributed by atoms with van der Waals surface area (Å²) in [5.41, 5.74) is 0.974. The standard InChI is InChI=1S/C19H26F2N2O3/c20-19(21)11-5-4-8-15(19)13-22-18(26)23-16(9-10-17(24)25)12-14-6-2-1-3-7-14/h1-3,6-7,15-16H,4-5,8-13H2,(H,24,25)(H2,22,23,26). The van der Waals surface area contributed by atoms with Crippen LogP contribution in [0.15, 0.2) is 30.3 Å². The topological polar surface area (TPSA) is 78.4 Å². The number of carboxylic acids is 1. The second-order valence-corrected chi connectivity index (χ2v) is 6.88. The van der Waals surface area contributed by atoms with E-state index < -0.39 is 23.8 Å². The van der Waals surface area contributed by atoms with Gasteiger partial charge in [0.05, 0.1) is 0 Å². The summed E-state index contributed by atoms with van der Waals surface area (Å²) in [6.07, 6.45) is 2.23. The molecule has 5 nitrogen and oxygen atoms in total. The average Bonchev–Trinajstić information content (AvgIpc) is 2.59. The van der Waals surface area contributed by atoms with Crippen LogP contribution in [0.5, 0.6) is 0 Å². The fourth-order valence-corrected chi connectivity index (χ4v) is 3.29. The third kappa shape index (κ3) is 6.61. The Labute approximate surface area is 152 Å². The van der Waals surface area contributed by atoms with E-state index in [9.17, 15) is 18.4 Å². The largest absolute Gasteiger partial charge is 0.481 e. The molecule has 2 rings (SSSR count). The number of rotatable bonds is 8. The minimum atomic E-state index is -2.74. The van der Waals surface area contributed by atoms with Gasteiger partial charge in [-0.05, 0) is 31.2 Å². The molecular formula is C19H26F2N2O3. The molecule has 2 amide bonds. The van der Waals surface area contributed by atoms with Gasteiger partial charge in [0.25, 0.3) is 5.92 Å². The molecule has 0 aromatic heterocycles. The van der Waals surface area contributed by atoms with Crippen LogP contribution in [0.3, 0.4) is 0 Å². The van der Waals surface area contributed by atoms with Crippen LogP contribution < -0.4 is 10.6 Å². The highest BCUT2D eigenvalue weighted by Crippen LogP contribution is 2.37. The van der Waals surface area contributed by atoms with Crippen LogP contribution in [0.25, 0.3) is 0 Å². The Morgan fingerprint density at radius 2 is 1.96 bits per heavy atom. The zero-order valence-corrected chi connectivity index (χ0v) is 14.7. The molecule has 1 aromatic rings. The van der Waals surface area contributed by atoms with Crippen molar-refractivity contribution < 1.29 is 23.5 Å². The lowest BCUT2D eigenvalue weighted by Gasteiger charge is -2.31. The average molecular weight is 368 g/mol. The third-order valence-corrected chi connectivity index (χ3v) is 4.79. The van der Waals surface area contributed by atoms with Crippen LogP contribution in [-0.4, -0.2) is 35.6 Å². The molecule has 26 heavy (non-hydrogen) atoms. The molecule has 1 aliphatic carbocycles. The number of halogens is 2. The summed E-state index contributed by atoms with van der Waals surface area (Å²) in [4.78, 5) is 23.0. The Balaban J connectivity index is 1.87. The predicted octanol–water partition coefficient (Wildman–Crippen LogP) is 3.59. The minimum Gasteiger partial charge on any atom is -0.481 e. The van der Waals surface area contributed by atoms with Crippen molar-refractivity contribution in [3.05, 3.63) is 35.9 Å². The molecule has 1 fully saturated rings. The lowest BCUT2D eigenvalue weighted by Crippen LogP contribution is -2.47. The van der Waals surface area contributed by atoms with Gasteiger partial charge in [-0.15, -0.1) is 0 Å². The zero-order valence-electron chi connectivity index (χ0n) is 14.7. The van der Waals surface area contributed by atoms with Crippen molar-refractivity contribution in [2.24, 2.45) is 5.92 Å². The molecular weight excluding hydrogens is 342 g/mol. The third-order valence-electron chi connectivity index (χ3n) is 4.79. The Bertz CT molecular complexity index is 596. The molecule has 2 unspecified atom stereocenters. The maximum absolute atomic E-state index is 13.8. The zero-order chi connectivity index (χ0) is 19.0. The summed E-state index contributed by atoms with van der Waals surface area (Å²) in [6, 6.07) is 8.51. The van der Waals surface area contributed by atoms with Crippen LogP contribution in [0, 0.1) is 5.92 Å². The van der Waals surface area contributed by atoms with Crippen LogP contribution in [0.1, 0.15) is 44.1 Å². The maximum atomic E-state index is 13.8. The SMILES string of the molecule is O=C(O)CCC(Cc1ccccc1)NC(=O)NCC1CCCCC1(F)F. The normalized spacial score (nSPS) is 20.2. The highest BCUT2D eigenvalue weighted by molar-refractivity contribution is 5.74. The van der Waals surface area contributed by atoms with Crippen molar-refractivity contribution in [3.63, 3.8) is 0 Å². The van der Waals surface area contributed by atoms with Crippen molar-refractivity contribution >= 4 is 12.0 Å². The van der Waals surface area contributed by atoms with Crippen molar-refractivity contribution in [1.82, 2.24) is 10.6 Å². The van der Waals surface area contributed by atoms with E-state index >= 15 is 0 Å². The number of alkyl halides is 2. The molecule has 2 atom stereocenters. The maximum Gasteiger partial charge on any atom is 0.315 e. The van der Waals surface area contributed by atoms with Crippen molar-refractivity contribution in [1.29, 1.82) is 0 Å². The van der Waals surface area contributed by atoms with E-state index in [1.54, 1.807) is 0 Å². The smallest absolute Gasteiger partial charge is 0.315 e. The van der Waals surface area contributed by atoms with Crippen LogP contribution in [0.4, 0.5) is 13.6 Å². The summed E-state index contributed by atoms with van der Waals surface area (Å²) in [6.45, 7) is -0.0736.